The molecule has 2 aromatic rings. The van der Waals surface area contributed by atoms with Crippen molar-refractivity contribution < 1.29 is 14.0 Å². The van der Waals surface area contributed by atoms with Gasteiger partial charge in [-0.3, -0.25) is 9.59 Å². The SMILES string of the molecule is CN1CCN(C(=O)c2ccc(CNC(=O)C3(c4cccc(F)c4)CCCC3)cc2)CC1. The first-order valence-corrected chi connectivity index (χ1v) is 11.1. The summed E-state index contributed by atoms with van der Waals surface area (Å²) in [4.78, 5) is 30.0. The zero-order valence-corrected chi connectivity index (χ0v) is 18.1. The van der Waals surface area contributed by atoms with Gasteiger partial charge in [-0.15, -0.1) is 0 Å². The zero-order chi connectivity index (χ0) is 21.8. The summed E-state index contributed by atoms with van der Waals surface area (Å²) in [5, 5.41) is 3.05. The lowest BCUT2D eigenvalue weighted by Crippen LogP contribution is -2.47. The van der Waals surface area contributed by atoms with Crippen LogP contribution in [-0.4, -0.2) is 54.8 Å². The van der Waals surface area contributed by atoms with Crippen molar-refractivity contribution in [1.29, 1.82) is 0 Å². The first-order valence-electron chi connectivity index (χ1n) is 11.1. The molecule has 0 bridgehead atoms. The molecule has 2 amide bonds. The Hall–Kier alpha value is -2.73. The van der Waals surface area contributed by atoms with Gasteiger partial charge in [-0.2, -0.15) is 0 Å². The normalized spacial score (nSPS) is 18.7. The molecule has 0 radical (unpaired) electrons. The van der Waals surface area contributed by atoms with E-state index in [1.807, 2.05) is 35.2 Å². The molecule has 2 aliphatic rings. The maximum absolute atomic E-state index is 13.8. The highest BCUT2D eigenvalue weighted by molar-refractivity contribution is 5.94. The number of amides is 2. The Balaban J connectivity index is 1.39. The molecule has 164 valence electrons. The second-order valence-electron chi connectivity index (χ2n) is 8.77. The topological polar surface area (TPSA) is 52.6 Å². The highest BCUT2D eigenvalue weighted by atomic mass is 19.1. The molecule has 2 aromatic carbocycles. The molecule has 4 rings (SSSR count). The summed E-state index contributed by atoms with van der Waals surface area (Å²) < 4.78 is 13.8. The van der Waals surface area contributed by atoms with Crippen LogP contribution in [0.1, 0.15) is 47.2 Å². The van der Waals surface area contributed by atoms with Gasteiger partial charge >= 0.3 is 0 Å². The van der Waals surface area contributed by atoms with Crippen molar-refractivity contribution >= 4 is 11.8 Å². The Morgan fingerprint density at radius 2 is 1.68 bits per heavy atom. The predicted octanol–water partition coefficient (Wildman–Crippen LogP) is 3.34. The molecule has 1 heterocycles. The quantitative estimate of drug-likeness (QED) is 0.803. The van der Waals surface area contributed by atoms with E-state index in [-0.39, 0.29) is 17.6 Å². The number of likely N-dealkylation sites (N-methyl/N-ethyl adjacent to an activating group) is 1. The Morgan fingerprint density at radius 1 is 1.00 bits per heavy atom. The molecule has 0 atom stereocenters. The van der Waals surface area contributed by atoms with Crippen LogP contribution >= 0.6 is 0 Å². The van der Waals surface area contributed by atoms with E-state index in [0.29, 0.717) is 12.1 Å². The lowest BCUT2D eigenvalue weighted by molar-refractivity contribution is -0.126. The molecule has 0 spiro atoms. The number of carbonyl (C=O) groups is 2. The third kappa shape index (κ3) is 4.64. The molecule has 0 unspecified atom stereocenters. The fourth-order valence-corrected chi connectivity index (χ4v) is 4.72. The van der Waals surface area contributed by atoms with Gasteiger partial charge in [0.25, 0.3) is 5.91 Å². The van der Waals surface area contributed by atoms with Crippen LogP contribution in [0.3, 0.4) is 0 Å². The van der Waals surface area contributed by atoms with E-state index in [9.17, 15) is 14.0 Å². The van der Waals surface area contributed by atoms with Crippen LogP contribution in [-0.2, 0) is 16.8 Å². The molecule has 1 N–H and O–H groups in total. The van der Waals surface area contributed by atoms with Gasteiger partial charge in [-0.25, -0.2) is 4.39 Å². The van der Waals surface area contributed by atoms with Gasteiger partial charge in [0.05, 0.1) is 5.41 Å². The van der Waals surface area contributed by atoms with E-state index in [2.05, 4.69) is 17.3 Å². The minimum Gasteiger partial charge on any atom is -0.351 e. The van der Waals surface area contributed by atoms with Crippen LogP contribution in [0, 0.1) is 5.82 Å². The van der Waals surface area contributed by atoms with E-state index >= 15 is 0 Å². The van der Waals surface area contributed by atoms with Gasteiger partial charge in [0.2, 0.25) is 5.91 Å². The number of piperazine rings is 1. The number of nitrogens with one attached hydrogen (secondary N) is 1. The Kier molecular flexibility index (Phi) is 6.37. The summed E-state index contributed by atoms with van der Waals surface area (Å²) >= 11 is 0. The van der Waals surface area contributed by atoms with Crippen LogP contribution in [0.25, 0.3) is 0 Å². The van der Waals surface area contributed by atoms with E-state index < -0.39 is 5.41 Å². The van der Waals surface area contributed by atoms with Gasteiger partial charge in [-0.1, -0.05) is 37.1 Å². The Morgan fingerprint density at radius 3 is 2.32 bits per heavy atom. The minimum absolute atomic E-state index is 0.0480. The number of hydrogen-bond acceptors (Lipinski definition) is 3. The molecule has 1 saturated heterocycles. The zero-order valence-electron chi connectivity index (χ0n) is 18.1. The van der Waals surface area contributed by atoms with E-state index in [1.165, 1.54) is 12.1 Å². The first kappa shape index (κ1) is 21.5. The number of hydrogen-bond donors (Lipinski definition) is 1. The lowest BCUT2D eigenvalue weighted by Gasteiger charge is -2.32. The average Bonchev–Trinajstić information content (AvgIpc) is 3.29. The van der Waals surface area contributed by atoms with Crippen LogP contribution in [0.4, 0.5) is 4.39 Å². The number of rotatable bonds is 5. The summed E-state index contributed by atoms with van der Waals surface area (Å²) in [5.41, 5.74) is 1.72. The molecule has 0 aromatic heterocycles. The van der Waals surface area contributed by atoms with Crippen molar-refractivity contribution in [3.05, 3.63) is 71.0 Å². The number of halogens is 1. The summed E-state index contributed by atoms with van der Waals surface area (Å²) in [6.07, 6.45) is 3.40. The molecular formula is C25H30FN3O2. The smallest absolute Gasteiger partial charge is 0.253 e. The van der Waals surface area contributed by atoms with Crippen molar-refractivity contribution in [2.75, 3.05) is 33.2 Å². The monoisotopic (exact) mass is 423 g/mol. The van der Waals surface area contributed by atoms with Crippen molar-refractivity contribution in [2.45, 2.75) is 37.6 Å². The standard InChI is InChI=1S/C25H30FN3O2/c1-28-13-15-29(16-14-28)23(30)20-9-7-19(8-10-20)18-27-24(31)25(11-2-3-12-25)21-5-4-6-22(26)17-21/h4-10,17H,2-3,11-16,18H2,1H3,(H,27,31). The lowest BCUT2D eigenvalue weighted by atomic mass is 9.78. The summed E-state index contributed by atoms with van der Waals surface area (Å²) in [6.45, 7) is 3.66. The number of nitrogens with zero attached hydrogens (tertiary/aromatic N) is 2. The summed E-state index contributed by atoms with van der Waals surface area (Å²) in [6, 6.07) is 13.9. The van der Waals surface area contributed by atoms with Crippen molar-refractivity contribution in [3.8, 4) is 0 Å². The van der Waals surface area contributed by atoms with Crippen LogP contribution in [0.5, 0.6) is 0 Å². The first-order chi connectivity index (χ1) is 15.0. The third-order valence-electron chi connectivity index (χ3n) is 6.71. The largest absolute Gasteiger partial charge is 0.351 e. The van der Waals surface area contributed by atoms with Gasteiger partial charge in [0, 0.05) is 38.3 Å². The van der Waals surface area contributed by atoms with Gasteiger partial charge in [0.1, 0.15) is 5.82 Å². The highest BCUT2D eigenvalue weighted by Crippen LogP contribution is 2.41. The second kappa shape index (κ2) is 9.18. The molecule has 2 fully saturated rings. The fraction of sp³-hybridized carbons (Fsp3) is 0.440. The van der Waals surface area contributed by atoms with Gasteiger partial charge in [0.15, 0.2) is 0 Å². The highest BCUT2D eigenvalue weighted by Gasteiger charge is 2.42. The predicted molar refractivity (Wildman–Crippen MR) is 118 cm³/mol. The van der Waals surface area contributed by atoms with Crippen LogP contribution in [0.15, 0.2) is 48.5 Å². The van der Waals surface area contributed by atoms with Crippen LogP contribution in [0.2, 0.25) is 0 Å². The molecule has 1 saturated carbocycles. The van der Waals surface area contributed by atoms with Crippen molar-refractivity contribution in [1.82, 2.24) is 15.1 Å². The molecule has 1 aliphatic carbocycles. The summed E-state index contributed by atoms with van der Waals surface area (Å²) in [7, 11) is 2.06. The average molecular weight is 424 g/mol. The van der Waals surface area contributed by atoms with Gasteiger partial charge < -0.3 is 15.1 Å². The maximum atomic E-state index is 13.8. The fourth-order valence-electron chi connectivity index (χ4n) is 4.72. The Bertz CT molecular complexity index is 930. The number of benzene rings is 2. The number of carbonyl (C=O) groups excluding carboxylic acids is 2. The second-order valence-corrected chi connectivity index (χ2v) is 8.77. The molecule has 6 heteroatoms. The Labute approximate surface area is 183 Å². The molecule has 31 heavy (non-hydrogen) atoms. The third-order valence-corrected chi connectivity index (χ3v) is 6.71. The van der Waals surface area contributed by atoms with E-state index in [1.54, 1.807) is 6.07 Å². The van der Waals surface area contributed by atoms with Crippen LogP contribution < -0.4 is 5.32 Å². The molecular weight excluding hydrogens is 393 g/mol. The minimum atomic E-state index is -0.653. The summed E-state index contributed by atoms with van der Waals surface area (Å²) in [5.74, 6) is -0.301. The molecule has 5 nitrogen and oxygen atoms in total. The maximum Gasteiger partial charge on any atom is 0.253 e. The van der Waals surface area contributed by atoms with Crippen molar-refractivity contribution in [3.63, 3.8) is 0 Å². The van der Waals surface area contributed by atoms with Gasteiger partial charge in [-0.05, 0) is 55.3 Å². The van der Waals surface area contributed by atoms with E-state index in [4.69, 9.17) is 0 Å². The molecule has 1 aliphatic heterocycles. The van der Waals surface area contributed by atoms with Crippen molar-refractivity contribution in [2.24, 2.45) is 0 Å². The van der Waals surface area contributed by atoms with E-state index in [0.717, 1.165) is 63.0 Å².